The van der Waals surface area contributed by atoms with Gasteiger partial charge in [0.2, 0.25) is 0 Å². The molecular weight excluding hydrogens is 364 g/mol. The number of hydrogen-bond donors (Lipinski definition) is 1. The predicted octanol–water partition coefficient (Wildman–Crippen LogP) is 3.86. The molecule has 1 aromatic carbocycles. The molecule has 2 rings (SSSR count). The molecule has 0 amide bonds. The van der Waals surface area contributed by atoms with Gasteiger partial charge in [-0.05, 0) is 46.1 Å². The molecule has 2 aromatic rings. The zero-order valence-corrected chi connectivity index (χ0v) is 13.8. The lowest BCUT2D eigenvalue weighted by Crippen LogP contribution is -2.14. The van der Waals surface area contributed by atoms with Gasteiger partial charge in [0.1, 0.15) is 10.0 Å². The number of aromatic nitrogens is 1. The van der Waals surface area contributed by atoms with Gasteiger partial charge in [-0.1, -0.05) is 30.7 Å². The van der Waals surface area contributed by atoms with Crippen molar-refractivity contribution in [3.8, 4) is 0 Å². The van der Waals surface area contributed by atoms with Crippen LogP contribution in [-0.4, -0.2) is 13.4 Å². The number of aryl methyl sites for hydroxylation is 1. The Morgan fingerprint density at radius 1 is 1.35 bits per heavy atom. The van der Waals surface area contributed by atoms with Gasteiger partial charge in [-0.15, -0.1) is 0 Å². The Morgan fingerprint density at radius 3 is 2.80 bits per heavy atom. The summed E-state index contributed by atoms with van der Waals surface area (Å²) in [5, 5.41) is -0.0626. The fourth-order valence-electron chi connectivity index (χ4n) is 1.66. The van der Waals surface area contributed by atoms with Crippen LogP contribution in [-0.2, 0) is 16.4 Å². The first-order valence-electron chi connectivity index (χ1n) is 5.85. The smallest absolute Gasteiger partial charge is 0.265 e. The van der Waals surface area contributed by atoms with E-state index >= 15 is 0 Å². The predicted molar refractivity (Wildman–Crippen MR) is 83.6 cm³/mol. The SMILES string of the molecule is CCc1cccc(NS(=O)(=O)c2cc(Br)cnc2Cl)c1. The molecule has 0 saturated heterocycles. The lowest BCUT2D eigenvalue weighted by molar-refractivity contribution is 0.601. The number of benzene rings is 1. The second-order valence-electron chi connectivity index (χ2n) is 4.10. The summed E-state index contributed by atoms with van der Waals surface area (Å²) in [6.07, 6.45) is 2.27. The van der Waals surface area contributed by atoms with Gasteiger partial charge in [-0.2, -0.15) is 0 Å². The van der Waals surface area contributed by atoms with E-state index in [1.807, 2.05) is 13.0 Å². The molecule has 0 aliphatic rings. The van der Waals surface area contributed by atoms with Crippen LogP contribution in [0.25, 0.3) is 0 Å². The summed E-state index contributed by atoms with van der Waals surface area (Å²) in [7, 11) is -3.77. The summed E-state index contributed by atoms with van der Waals surface area (Å²) in [6.45, 7) is 2.00. The molecule has 0 bridgehead atoms. The Hall–Kier alpha value is -1.11. The van der Waals surface area contributed by atoms with Crippen LogP contribution in [0.3, 0.4) is 0 Å². The van der Waals surface area contributed by atoms with Crippen LogP contribution < -0.4 is 4.72 Å². The molecule has 1 heterocycles. The van der Waals surface area contributed by atoms with Crippen molar-refractivity contribution in [3.05, 3.63) is 51.7 Å². The molecule has 4 nitrogen and oxygen atoms in total. The minimum atomic E-state index is -3.77. The number of nitrogens with zero attached hydrogens (tertiary/aromatic N) is 1. The minimum absolute atomic E-state index is 0.0598. The highest BCUT2D eigenvalue weighted by molar-refractivity contribution is 9.10. The maximum atomic E-state index is 12.3. The summed E-state index contributed by atoms with van der Waals surface area (Å²) >= 11 is 9.04. The first-order valence-corrected chi connectivity index (χ1v) is 8.50. The average molecular weight is 376 g/mol. The van der Waals surface area contributed by atoms with Crippen LogP contribution in [0.5, 0.6) is 0 Å². The minimum Gasteiger partial charge on any atom is -0.280 e. The highest BCUT2D eigenvalue weighted by Gasteiger charge is 2.19. The van der Waals surface area contributed by atoms with Crippen LogP contribution in [0.4, 0.5) is 5.69 Å². The average Bonchev–Trinajstić information content (AvgIpc) is 2.41. The van der Waals surface area contributed by atoms with E-state index in [-0.39, 0.29) is 10.0 Å². The topological polar surface area (TPSA) is 59.1 Å². The molecule has 0 saturated carbocycles. The van der Waals surface area contributed by atoms with Crippen LogP contribution in [0.1, 0.15) is 12.5 Å². The van der Waals surface area contributed by atoms with Gasteiger partial charge in [-0.3, -0.25) is 4.72 Å². The molecule has 0 unspecified atom stereocenters. The van der Waals surface area contributed by atoms with E-state index in [1.165, 1.54) is 12.3 Å². The number of hydrogen-bond acceptors (Lipinski definition) is 3. The number of anilines is 1. The fourth-order valence-corrected chi connectivity index (χ4v) is 3.65. The summed E-state index contributed by atoms with van der Waals surface area (Å²) in [5.74, 6) is 0. The third-order valence-corrected chi connectivity index (χ3v) is 4.89. The molecule has 7 heteroatoms. The Morgan fingerprint density at radius 2 is 2.10 bits per heavy atom. The van der Waals surface area contributed by atoms with Crippen LogP contribution >= 0.6 is 27.5 Å². The zero-order valence-electron chi connectivity index (χ0n) is 10.6. The molecule has 0 fully saturated rings. The molecule has 0 radical (unpaired) electrons. The lowest BCUT2D eigenvalue weighted by atomic mass is 10.1. The maximum absolute atomic E-state index is 12.3. The summed E-state index contributed by atoms with van der Waals surface area (Å²) < 4.78 is 27.7. The van der Waals surface area contributed by atoms with Crippen molar-refractivity contribution < 1.29 is 8.42 Å². The first-order chi connectivity index (χ1) is 9.42. The third-order valence-electron chi connectivity index (χ3n) is 2.65. The van der Waals surface area contributed by atoms with Gasteiger partial charge in [0.15, 0.2) is 0 Å². The van der Waals surface area contributed by atoms with Gasteiger partial charge >= 0.3 is 0 Å². The van der Waals surface area contributed by atoms with Gasteiger partial charge in [0.05, 0.1) is 0 Å². The molecule has 0 atom stereocenters. The van der Waals surface area contributed by atoms with E-state index in [2.05, 4.69) is 25.6 Å². The summed E-state index contributed by atoms with van der Waals surface area (Å²) in [6, 6.07) is 8.64. The van der Waals surface area contributed by atoms with E-state index in [0.29, 0.717) is 10.2 Å². The van der Waals surface area contributed by atoms with Crippen molar-refractivity contribution in [3.63, 3.8) is 0 Å². The Balaban J connectivity index is 2.38. The summed E-state index contributed by atoms with van der Waals surface area (Å²) in [4.78, 5) is 3.76. The molecule has 106 valence electrons. The maximum Gasteiger partial charge on any atom is 0.265 e. The second kappa shape index (κ2) is 6.11. The van der Waals surface area contributed by atoms with Crippen LogP contribution in [0.15, 0.2) is 45.9 Å². The van der Waals surface area contributed by atoms with Crippen molar-refractivity contribution in [1.82, 2.24) is 4.98 Å². The molecule has 0 aliphatic heterocycles. The van der Waals surface area contributed by atoms with Crippen LogP contribution in [0.2, 0.25) is 5.15 Å². The number of nitrogens with one attached hydrogen (secondary N) is 1. The monoisotopic (exact) mass is 374 g/mol. The van der Waals surface area contributed by atoms with Crippen molar-refractivity contribution in [2.75, 3.05) is 4.72 Å². The number of halogens is 2. The van der Waals surface area contributed by atoms with Gasteiger partial charge in [0.25, 0.3) is 10.0 Å². The van der Waals surface area contributed by atoms with E-state index in [0.717, 1.165) is 12.0 Å². The second-order valence-corrected chi connectivity index (χ2v) is 7.03. The molecule has 20 heavy (non-hydrogen) atoms. The molecule has 0 aliphatic carbocycles. The normalized spacial score (nSPS) is 11.3. The third kappa shape index (κ3) is 3.50. The summed E-state index contributed by atoms with van der Waals surface area (Å²) in [5.41, 5.74) is 1.55. The number of sulfonamides is 1. The van der Waals surface area contributed by atoms with Gasteiger partial charge < -0.3 is 0 Å². The Labute approximate surface area is 131 Å². The van der Waals surface area contributed by atoms with Gasteiger partial charge in [0, 0.05) is 16.4 Å². The molecular formula is C13H12BrClN2O2S. The van der Waals surface area contributed by atoms with Crippen molar-refractivity contribution in [2.45, 2.75) is 18.2 Å². The zero-order chi connectivity index (χ0) is 14.8. The van der Waals surface area contributed by atoms with E-state index in [1.54, 1.807) is 18.2 Å². The highest BCUT2D eigenvalue weighted by Crippen LogP contribution is 2.25. The fraction of sp³-hybridized carbons (Fsp3) is 0.154. The van der Waals surface area contributed by atoms with Crippen molar-refractivity contribution in [1.29, 1.82) is 0 Å². The first kappa shape index (κ1) is 15.3. The number of pyridine rings is 1. The molecule has 0 spiro atoms. The highest BCUT2D eigenvalue weighted by atomic mass is 79.9. The number of rotatable bonds is 4. The standard InChI is InChI=1S/C13H12BrClN2O2S/c1-2-9-4-3-5-11(6-9)17-20(18,19)12-7-10(14)8-16-13(12)15/h3-8,17H,2H2,1H3. The largest absolute Gasteiger partial charge is 0.280 e. The van der Waals surface area contributed by atoms with Crippen molar-refractivity contribution in [2.24, 2.45) is 0 Å². The Kier molecular flexibility index (Phi) is 4.67. The Bertz CT molecular complexity index is 735. The van der Waals surface area contributed by atoms with E-state index < -0.39 is 10.0 Å². The quantitative estimate of drug-likeness (QED) is 0.826. The van der Waals surface area contributed by atoms with Gasteiger partial charge in [-0.25, -0.2) is 13.4 Å². The molecule has 1 N–H and O–H groups in total. The molecule has 1 aromatic heterocycles. The van der Waals surface area contributed by atoms with E-state index in [9.17, 15) is 8.42 Å². The van der Waals surface area contributed by atoms with Crippen LogP contribution in [0, 0.1) is 0 Å². The lowest BCUT2D eigenvalue weighted by Gasteiger charge is -2.10. The van der Waals surface area contributed by atoms with Crippen molar-refractivity contribution >= 4 is 43.2 Å². The van der Waals surface area contributed by atoms with E-state index in [4.69, 9.17) is 11.6 Å².